The summed E-state index contributed by atoms with van der Waals surface area (Å²) in [4.78, 5) is 7.12. The molecule has 102 valence electrons. The van der Waals surface area contributed by atoms with E-state index in [1.54, 1.807) is 0 Å². The molecule has 1 saturated heterocycles. The summed E-state index contributed by atoms with van der Waals surface area (Å²) in [6.07, 6.45) is 4.82. The molecule has 4 nitrogen and oxygen atoms in total. The van der Waals surface area contributed by atoms with Crippen LogP contribution in [0.2, 0.25) is 0 Å². The first-order valence-corrected chi connectivity index (χ1v) is 7.11. The number of hydrogen-bond acceptors (Lipinski definition) is 3. The second-order valence-corrected chi connectivity index (χ2v) is 5.68. The van der Waals surface area contributed by atoms with Crippen LogP contribution in [0, 0.1) is 6.92 Å². The number of hydrogen-bond donors (Lipinski definition) is 1. The van der Waals surface area contributed by atoms with Gasteiger partial charge in [-0.3, -0.25) is 4.90 Å². The Balaban J connectivity index is 1.92. The summed E-state index contributed by atoms with van der Waals surface area (Å²) >= 11 is 0. The lowest BCUT2D eigenvalue weighted by Crippen LogP contribution is -2.36. The van der Waals surface area contributed by atoms with E-state index in [0.29, 0.717) is 12.1 Å². The maximum atomic E-state index is 4.56. The highest BCUT2D eigenvalue weighted by molar-refractivity contribution is 5.29. The molecule has 1 aromatic rings. The number of likely N-dealkylation sites (tertiary alicyclic amines) is 1. The van der Waals surface area contributed by atoms with Gasteiger partial charge in [-0.15, -0.1) is 0 Å². The fourth-order valence-corrected chi connectivity index (χ4v) is 2.59. The van der Waals surface area contributed by atoms with Crippen LogP contribution in [0.5, 0.6) is 0 Å². The Bertz CT molecular complexity index is 377. The van der Waals surface area contributed by atoms with Crippen LogP contribution in [0.15, 0.2) is 6.20 Å². The molecule has 0 aromatic carbocycles. The third-order valence-corrected chi connectivity index (χ3v) is 3.73. The molecule has 18 heavy (non-hydrogen) atoms. The van der Waals surface area contributed by atoms with Gasteiger partial charge in [0.05, 0.1) is 5.69 Å². The summed E-state index contributed by atoms with van der Waals surface area (Å²) in [5.74, 6) is 1.01. The number of nitrogens with zero attached hydrogens (tertiary/aromatic N) is 3. The minimum absolute atomic E-state index is 0.454. The summed E-state index contributed by atoms with van der Waals surface area (Å²) in [5.41, 5.74) is 1.08. The summed E-state index contributed by atoms with van der Waals surface area (Å²) < 4.78 is 2.21. The molecule has 1 unspecified atom stereocenters. The van der Waals surface area contributed by atoms with Gasteiger partial charge in [-0.2, -0.15) is 0 Å². The van der Waals surface area contributed by atoms with Crippen LogP contribution in [0.1, 0.15) is 45.3 Å². The van der Waals surface area contributed by atoms with Gasteiger partial charge in [0.15, 0.2) is 0 Å². The highest BCUT2D eigenvalue weighted by Crippen LogP contribution is 2.16. The maximum absolute atomic E-state index is 4.56. The first-order chi connectivity index (χ1) is 8.58. The van der Waals surface area contributed by atoms with Crippen molar-refractivity contribution < 1.29 is 0 Å². The van der Waals surface area contributed by atoms with Crippen LogP contribution in [0.4, 0.5) is 5.95 Å². The van der Waals surface area contributed by atoms with Crippen LogP contribution < -0.4 is 5.32 Å². The second kappa shape index (κ2) is 5.74. The lowest BCUT2D eigenvalue weighted by atomic mass is 10.3. The van der Waals surface area contributed by atoms with E-state index in [2.05, 4.69) is 46.7 Å². The summed E-state index contributed by atoms with van der Waals surface area (Å²) in [6.45, 7) is 12.2. The van der Waals surface area contributed by atoms with Crippen LogP contribution in [-0.4, -0.2) is 40.1 Å². The largest absolute Gasteiger partial charge is 0.354 e. The average Bonchev–Trinajstić information content (AvgIpc) is 2.94. The normalized spacial score (nSPS) is 18.5. The van der Waals surface area contributed by atoms with E-state index in [-0.39, 0.29) is 0 Å². The van der Waals surface area contributed by atoms with E-state index in [0.717, 1.165) is 18.2 Å². The standard InChI is InChI=1S/C14H26N4/c1-11(2)18-10-12(3)16-14(18)15-9-13(4)17-7-5-6-8-17/h10-11,13H,5-9H2,1-4H3,(H,15,16). The Morgan fingerprint density at radius 1 is 1.28 bits per heavy atom. The monoisotopic (exact) mass is 250 g/mol. The van der Waals surface area contributed by atoms with Crippen LogP contribution in [-0.2, 0) is 0 Å². The molecule has 0 amide bonds. The number of aromatic nitrogens is 2. The summed E-state index contributed by atoms with van der Waals surface area (Å²) in [6, 6.07) is 1.04. The van der Waals surface area contributed by atoms with Crippen molar-refractivity contribution in [2.75, 3.05) is 25.0 Å². The zero-order valence-electron chi connectivity index (χ0n) is 12.1. The van der Waals surface area contributed by atoms with Crippen molar-refractivity contribution in [1.82, 2.24) is 14.5 Å². The van der Waals surface area contributed by atoms with Crippen LogP contribution in [0.25, 0.3) is 0 Å². The molecule has 1 N–H and O–H groups in total. The molecule has 1 atom stereocenters. The SMILES string of the molecule is Cc1cn(C(C)C)c(NCC(C)N2CCCC2)n1. The van der Waals surface area contributed by atoms with E-state index in [4.69, 9.17) is 0 Å². The van der Waals surface area contributed by atoms with Gasteiger partial charge >= 0.3 is 0 Å². The molecule has 0 bridgehead atoms. The molecule has 4 heteroatoms. The van der Waals surface area contributed by atoms with Gasteiger partial charge in [0.1, 0.15) is 0 Å². The van der Waals surface area contributed by atoms with Gasteiger partial charge in [0.25, 0.3) is 0 Å². The number of rotatable bonds is 5. The van der Waals surface area contributed by atoms with Crippen molar-refractivity contribution in [2.45, 2.75) is 52.6 Å². The van der Waals surface area contributed by atoms with E-state index >= 15 is 0 Å². The summed E-state index contributed by atoms with van der Waals surface area (Å²) in [5, 5.41) is 3.50. The molecule has 0 spiro atoms. The minimum atomic E-state index is 0.454. The van der Waals surface area contributed by atoms with Crippen molar-refractivity contribution in [2.24, 2.45) is 0 Å². The van der Waals surface area contributed by atoms with Crippen LogP contribution >= 0.6 is 0 Å². The van der Waals surface area contributed by atoms with Gasteiger partial charge < -0.3 is 9.88 Å². The Kier molecular flexibility index (Phi) is 4.27. The Morgan fingerprint density at radius 3 is 2.56 bits per heavy atom. The fraction of sp³-hybridized carbons (Fsp3) is 0.786. The zero-order valence-corrected chi connectivity index (χ0v) is 12.1. The maximum Gasteiger partial charge on any atom is 0.203 e. The van der Waals surface area contributed by atoms with Crippen molar-refractivity contribution in [3.05, 3.63) is 11.9 Å². The van der Waals surface area contributed by atoms with Gasteiger partial charge in [-0.1, -0.05) is 0 Å². The van der Waals surface area contributed by atoms with Gasteiger partial charge in [-0.25, -0.2) is 4.98 Å². The molecular weight excluding hydrogens is 224 g/mol. The van der Waals surface area contributed by atoms with Crippen molar-refractivity contribution >= 4 is 5.95 Å². The lowest BCUT2D eigenvalue weighted by Gasteiger charge is -2.24. The third kappa shape index (κ3) is 3.05. The van der Waals surface area contributed by atoms with Crippen molar-refractivity contribution in [1.29, 1.82) is 0 Å². The number of aryl methyl sites for hydroxylation is 1. The second-order valence-electron chi connectivity index (χ2n) is 5.68. The number of nitrogens with one attached hydrogen (secondary N) is 1. The molecule has 1 fully saturated rings. The van der Waals surface area contributed by atoms with E-state index in [9.17, 15) is 0 Å². The molecule has 1 aliphatic rings. The molecule has 2 rings (SSSR count). The smallest absolute Gasteiger partial charge is 0.203 e. The number of imidazole rings is 1. The first-order valence-electron chi connectivity index (χ1n) is 7.11. The molecule has 0 aliphatic carbocycles. The predicted molar refractivity (Wildman–Crippen MR) is 76.1 cm³/mol. The molecule has 2 heterocycles. The van der Waals surface area contributed by atoms with Crippen LogP contribution in [0.3, 0.4) is 0 Å². The Hall–Kier alpha value is -1.03. The molecule has 0 radical (unpaired) electrons. The van der Waals surface area contributed by atoms with Crippen molar-refractivity contribution in [3.63, 3.8) is 0 Å². The van der Waals surface area contributed by atoms with Gasteiger partial charge in [-0.05, 0) is 53.6 Å². The third-order valence-electron chi connectivity index (χ3n) is 3.73. The average molecular weight is 250 g/mol. The highest BCUT2D eigenvalue weighted by atomic mass is 15.2. The zero-order chi connectivity index (χ0) is 13.1. The first kappa shape index (κ1) is 13.4. The molecular formula is C14H26N4. The molecule has 1 aromatic heterocycles. The molecule has 0 saturated carbocycles. The van der Waals surface area contributed by atoms with E-state index in [1.165, 1.54) is 25.9 Å². The van der Waals surface area contributed by atoms with E-state index < -0.39 is 0 Å². The Morgan fingerprint density at radius 2 is 1.94 bits per heavy atom. The summed E-state index contributed by atoms with van der Waals surface area (Å²) in [7, 11) is 0. The quantitative estimate of drug-likeness (QED) is 0.872. The fourth-order valence-electron chi connectivity index (χ4n) is 2.59. The lowest BCUT2D eigenvalue weighted by molar-refractivity contribution is 0.268. The van der Waals surface area contributed by atoms with Gasteiger partial charge in [0.2, 0.25) is 5.95 Å². The molecule has 1 aliphatic heterocycles. The number of anilines is 1. The topological polar surface area (TPSA) is 33.1 Å². The predicted octanol–water partition coefficient (Wildman–Crippen LogP) is 2.67. The minimum Gasteiger partial charge on any atom is -0.354 e. The van der Waals surface area contributed by atoms with Gasteiger partial charge in [0, 0.05) is 24.8 Å². The van der Waals surface area contributed by atoms with Crippen molar-refractivity contribution in [3.8, 4) is 0 Å². The highest BCUT2D eigenvalue weighted by Gasteiger charge is 2.18. The van der Waals surface area contributed by atoms with E-state index in [1.807, 2.05) is 6.92 Å². The Labute approximate surface area is 110 Å².